The lowest BCUT2D eigenvalue weighted by atomic mass is 10.1. The molecule has 6 rings (SSSR count). The lowest BCUT2D eigenvalue weighted by Crippen LogP contribution is -2.58. The minimum atomic E-state index is -0.596. The number of aromatic nitrogens is 6. The highest BCUT2D eigenvalue weighted by Gasteiger charge is 2.32. The first-order chi connectivity index (χ1) is 19.8. The monoisotopic (exact) mass is 573 g/mol. The Labute approximate surface area is 239 Å². The number of benzene rings is 1. The fraction of sp³-hybridized carbons (Fsp3) is 0.214. The average molecular weight is 574 g/mol. The molecule has 2 atom stereocenters. The van der Waals surface area contributed by atoms with Crippen molar-refractivity contribution in [2.75, 3.05) is 23.3 Å². The van der Waals surface area contributed by atoms with Crippen LogP contribution in [0.3, 0.4) is 0 Å². The highest BCUT2D eigenvalue weighted by molar-refractivity contribution is 6.32. The summed E-state index contributed by atoms with van der Waals surface area (Å²) in [7, 11) is 0. The highest BCUT2D eigenvalue weighted by atomic mass is 35.5. The SMILES string of the molecule is C=CC(=O)N1[C@H](C)CN(c2ccc3ncnc(Nc4cc(Cl)c(Oc5ccn6ncnc6c5)cc4F)c3n2)C[C@@H]1C. The van der Waals surface area contributed by atoms with Gasteiger partial charge in [0, 0.05) is 43.5 Å². The van der Waals surface area contributed by atoms with E-state index >= 15 is 4.39 Å². The normalized spacial score (nSPS) is 17.2. The fourth-order valence-electron chi connectivity index (χ4n) is 5.06. The summed E-state index contributed by atoms with van der Waals surface area (Å²) in [6.07, 6.45) is 5.83. The molecule has 1 saturated heterocycles. The molecule has 1 aliphatic heterocycles. The standard InChI is InChI=1S/C28H25ClFN9O2/c1-4-26(40)39-16(2)12-37(13-17(39)3)24-6-5-21-27(36-24)28(33-14-31-21)35-22-10-19(29)23(11-20(22)30)41-18-7-8-38-25(9-18)32-15-34-38/h4-11,14-17H,1,12-13H2,2-3H3,(H,31,33,35)/t16-,17+. The van der Waals surface area contributed by atoms with Gasteiger partial charge in [-0.2, -0.15) is 5.10 Å². The molecule has 0 aliphatic carbocycles. The number of piperazine rings is 1. The third-order valence-electron chi connectivity index (χ3n) is 6.89. The van der Waals surface area contributed by atoms with Crippen LogP contribution in [0.1, 0.15) is 13.8 Å². The van der Waals surface area contributed by atoms with Crippen LogP contribution in [-0.4, -0.2) is 65.5 Å². The third kappa shape index (κ3) is 5.09. The maximum atomic E-state index is 15.3. The number of hydrogen-bond acceptors (Lipinski definition) is 9. The summed E-state index contributed by atoms with van der Waals surface area (Å²) in [5.74, 6) is 0.908. The smallest absolute Gasteiger partial charge is 0.246 e. The summed E-state index contributed by atoms with van der Waals surface area (Å²) in [5, 5.41) is 7.25. The van der Waals surface area contributed by atoms with Gasteiger partial charge in [0.1, 0.15) is 41.3 Å². The molecule has 208 valence electrons. The molecule has 0 bridgehead atoms. The van der Waals surface area contributed by atoms with Crippen LogP contribution in [0.25, 0.3) is 16.7 Å². The molecule has 11 nitrogen and oxygen atoms in total. The molecule has 1 fully saturated rings. The third-order valence-corrected chi connectivity index (χ3v) is 7.19. The average Bonchev–Trinajstić information content (AvgIpc) is 3.43. The highest BCUT2D eigenvalue weighted by Crippen LogP contribution is 2.35. The van der Waals surface area contributed by atoms with Crippen LogP contribution < -0.4 is 15.0 Å². The number of halogens is 2. The van der Waals surface area contributed by atoms with Crippen LogP contribution in [0.15, 0.2) is 67.9 Å². The largest absolute Gasteiger partial charge is 0.455 e. The van der Waals surface area contributed by atoms with Gasteiger partial charge in [0.2, 0.25) is 5.91 Å². The van der Waals surface area contributed by atoms with Crippen LogP contribution in [0.4, 0.5) is 21.7 Å². The molecule has 0 radical (unpaired) electrons. The van der Waals surface area contributed by atoms with E-state index in [1.54, 1.807) is 22.8 Å². The summed E-state index contributed by atoms with van der Waals surface area (Å²) >= 11 is 6.48. The Hall–Kier alpha value is -4.84. The molecule has 5 heterocycles. The van der Waals surface area contributed by atoms with Crippen molar-refractivity contribution < 1.29 is 13.9 Å². The van der Waals surface area contributed by atoms with Crippen LogP contribution >= 0.6 is 11.6 Å². The van der Waals surface area contributed by atoms with Gasteiger partial charge in [-0.3, -0.25) is 4.79 Å². The van der Waals surface area contributed by atoms with Gasteiger partial charge in [-0.05, 0) is 44.2 Å². The van der Waals surface area contributed by atoms with Gasteiger partial charge in [-0.15, -0.1) is 0 Å². The number of anilines is 3. The Morgan fingerprint density at radius 2 is 1.93 bits per heavy atom. The predicted molar refractivity (Wildman–Crippen MR) is 153 cm³/mol. The number of carbonyl (C=O) groups excluding carboxylic acids is 1. The van der Waals surface area contributed by atoms with Crippen molar-refractivity contribution >= 4 is 51.5 Å². The zero-order valence-corrected chi connectivity index (χ0v) is 23.0. The zero-order valence-electron chi connectivity index (χ0n) is 22.2. The molecular formula is C28H25ClFN9O2. The van der Waals surface area contributed by atoms with Gasteiger partial charge in [0.05, 0.1) is 16.2 Å². The number of nitrogens with one attached hydrogen (secondary N) is 1. The van der Waals surface area contributed by atoms with Crippen molar-refractivity contribution in [3.05, 3.63) is 78.7 Å². The number of rotatable bonds is 6. The second kappa shape index (κ2) is 10.6. The number of ether oxygens (including phenoxy) is 1. The molecule has 13 heteroatoms. The molecule has 1 N–H and O–H groups in total. The Balaban J connectivity index is 1.26. The first kappa shape index (κ1) is 26.4. The number of carbonyl (C=O) groups is 1. The van der Waals surface area contributed by atoms with Gasteiger partial charge in [0.25, 0.3) is 0 Å². The van der Waals surface area contributed by atoms with E-state index < -0.39 is 5.82 Å². The lowest BCUT2D eigenvalue weighted by Gasteiger charge is -2.44. The molecule has 0 spiro atoms. The van der Waals surface area contributed by atoms with E-state index in [9.17, 15) is 4.79 Å². The summed E-state index contributed by atoms with van der Waals surface area (Å²) in [6.45, 7) is 8.79. The number of amides is 1. The van der Waals surface area contributed by atoms with E-state index in [1.165, 1.54) is 30.9 Å². The number of nitrogens with zero attached hydrogens (tertiary/aromatic N) is 8. The van der Waals surface area contributed by atoms with Crippen LogP contribution in [0, 0.1) is 5.82 Å². The molecule has 0 saturated carbocycles. The Morgan fingerprint density at radius 1 is 1.12 bits per heavy atom. The van der Waals surface area contributed by atoms with Gasteiger partial charge >= 0.3 is 0 Å². The minimum Gasteiger partial charge on any atom is -0.455 e. The topological polar surface area (TPSA) is 114 Å². The molecular weight excluding hydrogens is 549 g/mol. The van der Waals surface area contributed by atoms with Crippen LogP contribution in [-0.2, 0) is 4.79 Å². The molecule has 5 aromatic rings. The van der Waals surface area contributed by atoms with E-state index in [0.29, 0.717) is 47.2 Å². The van der Waals surface area contributed by atoms with Crippen molar-refractivity contribution in [3.8, 4) is 11.5 Å². The van der Waals surface area contributed by atoms with Gasteiger partial charge < -0.3 is 19.9 Å². The fourth-order valence-corrected chi connectivity index (χ4v) is 5.27. The van der Waals surface area contributed by atoms with E-state index in [2.05, 4.69) is 36.8 Å². The quantitative estimate of drug-likeness (QED) is 0.280. The maximum Gasteiger partial charge on any atom is 0.246 e. The summed E-state index contributed by atoms with van der Waals surface area (Å²) in [5.41, 5.74) is 1.73. The Bertz CT molecular complexity index is 1780. The number of fused-ring (bicyclic) bond motifs is 2. The van der Waals surface area contributed by atoms with Gasteiger partial charge in [0.15, 0.2) is 11.5 Å². The van der Waals surface area contributed by atoms with E-state index in [1.807, 2.05) is 30.9 Å². The Morgan fingerprint density at radius 3 is 2.71 bits per heavy atom. The Kier molecular flexibility index (Phi) is 6.83. The lowest BCUT2D eigenvalue weighted by molar-refractivity contribution is -0.130. The first-order valence-corrected chi connectivity index (χ1v) is 13.2. The molecule has 1 amide bonds. The van der Waals surface area contributed by atoms with Crippen molar-refractivity contribution in [1.29, 1.82) is 0 Å². The second-order valence-corrected chi connectivity index (χ2v) is 10.1. The van der Waals surface area contributed by atoms with Crippen LogP contribution in [0.2, 0.25) is 5.02 Å². The molecule has 0 unspecified atom stereocenters. The summed E-state index contributed by atoms with van der Waals surface area (Å²) in [6, 6.07) is 9.62. The molecule has 4 aromatic heterocycles. The molecule has 1 aromatic carbocycles. The summed E-state index contributed by atoms with van der Waals surface area (Å²) in [4.78, 5) is 33.8. The summed E-state index contributed by atoms with van der Waals surface area (Å²) < 4.78 is 22.7. The van der Waals surface area contributed by atoms with Gasteiger partial charge in [-0.1, -0.05) is 18.2 Å². The number of hydrogen-bond donors (Lipinski definition) is 1. The van der Waals surface area contributed by atoms with Crippen molar-refractivity contribution in [3.63, 3.8) is 0 Å². The first-order valence-electron chi connectivity index (χ1n) is 12.9. The second-order valence-electron chi connectivity index (χ2n) is 9.73. The van der Waals surface area contributed by atoms with Crippen molar-refractivity contribution in [2.24, 2.45) is 0 Å². The van der Waals surface area contributed by atoms with E-state index in [0.717, 1.165) is 0 Å². The molecule has 1 aliphatic rings. The van der Waals surface area contributed by atoms with Crippen LogP contribution in [0.5, 0.6) is 11.5 Å². The minimum absolute atomic E-state index is 0.0402. The van der Waals surface area contributed by atoms with Gasteiger partial charge in [-0.25, -0.2) is 28.8 Å². The van der Waals surface area contributed by atoms with E-state index in [4.69, 9.17) is 21.3 Å². The maximum absolute atomic E-state index is 15.3. The van der Waals surface area contributed by atoms with Crippen molar-refractivity contribution in [2.45, 2.75) is 25.9 Å². The molecule has 41 heavy (non-hydrogen) atoms. The van der Waals surface area contributed by atoms with E-state index in [-0.39, 0.29) is 34.5 Å². The number of pyridine rings is 2. The zero-order chi connectivity index (χ0) is 28.7. The van der Waals surface area contributed by atoms with Crippen molar-refractivity contribution in [1.82, 2.24) is 34.4 Å². The predicted octanol–water partition coefficient (Wildman–Crippen LogP) is 5.01.